The highest BCUT2D eigenvalue weighted by atomic mass is 19.4. The predicted molar refractivity (Wildman–Crippen MR) is 148 cm³/mol. The van der Waals surface area contributed by atoms with Gasteiger partial charge in [0.15, 0.2) is 11.5 Å². The van der Waals surface area contributed by atoms with E-state index in [1.807, 2.05) is 45.0 Å². The minimum Gasteiger partial charge on any atom is -0.454 e. The molecule has 1 saturated heterocycles. The molecule has 40 heavy (non-hydrogen) atoms. The molecule has 0 aromatic heterocycles. The Morgan fingerprint density at radius 2 is 1.73 bits per heavy atom. The first kappa shape index (κ1) is 29.8. The molecule has 0 spiro atoms. The maximum absolute atomic E-state index is 14.2. The number of ether oxygens (including phenoxy) is 3. The van der Waals surface area contributed by atoms with Gasteiger partial charge in [0, 0.05) is 37.1 Å². The van der Waals surface area contributed by atoms with Gasteiger partial charge in [-0.05, 0) is 60.7 Å². The van der Waals surface area contributed by atoms with Gasteiger partial charge in [0.25, 0.3) is 0 Å². The number of rotatable bonds is 12. The third kappa shape index (κ3) is 7.94. The van der Waals surface area contributed by atoms with Crippen LogP contribution in [0.15, 0.2) is 42.5 Å². The Bertz CT molecular complexity index is 1110. The van der Waals surface area contributed by atoms with E-state index in [1.165, 1.54) is 18.2 Å². The van der Waals surface area contributed by atoms with Crippen LogP contribution >= 0.6 is 0 Å². The number of carbonyl (C=O) groups excluding carboxylic acids is 1. The summed E-state index contributed by atoms with van der Waals surface area (Å²) in [4.78, 5) is 15.6. The average Bonchev–Trinajstić information content (AvgIpc) is 3.41. The number of alkyl halides is 3. The normalized spacial score (nSPS) is 17.4. The molecule has 1 amide bonds. The van der Waals surface area contributed by atoms with Crippen LogP contribution in [0.3, 0.4) is 0 Å². The molecule has 3 N–H and O–H groups in total. The van der Waals surface area contributed by atoms with Crippen molar-refractivity contribution < 1.29 is 32.2 Å². The molecule has 2 aromatic rings. The second-order valence-electron chi connectivity index (χ2n) is 10.6. The first-order valence-corrected chi connectivity index (χ1v) is 13.8. The van der Waals surface area contributed by atoms with Crippen molar-refractivity contribution in [3.8, 4) is 11.5 Å². The Labute approximate surface area is 233 Å². The number of amides is 1. The van der Waals surface area contributed by atoms with E-state index in [2.05, 4.69) is 20.9 Å². The van der Waals surface area contributed by atoms with Crippen molar-refractivity contribution in [1.29, 1.82) is 0 Å². The smallest absolute Gasteiger partial charge is 0.407 e. The Morgan fingerprint density at radius 1 is 1.02 bits per heavy atom. The van der Waals surface area contributed by atoms with Crippen LogP contribution in [0.25, 0.3) is 0 Å². The number of carbonyl (C=O) groups is 1. The number of anilines is 2. The Hall–Kier alpha value is -3.18. The van der Waals surface area contributed by atoms with Gasteiger partial charge in [-0.3, -0.25) is 10.1 Å². The number of halogens is 3. The summed E-state index contributed by atoms with van der Waals surface area (Å²) in [5.74, 6) is 0.195. The summed E-state index contributed by atoms with van der Waals surface area (Å²) in [7, 11) is 0. The van der Waals surface area contributed by atoms with Crippen molar-refractivity contribution in [3.05, 3.63) is 48.0 Å². The fourth-order valence-electron chi connectivity index (χ4n) is 4.85. The van der Waals surface area contributed by atoms with Crippen molar-refractivity contribution in [3.63, 3.8) is 0 Å². The van der Waals surface area contributed by atoms with Crippen LogP contribution in [0.5, 0.6) is 11.5 Å². The zero-order valence-corrected chi connectivity index (χ0v) is 23.2. The molecule has 0 aliphatic carbocycles. The van der Waals surface area contributed by atoms with Crippen molar-refractivity contribution in [2.24, 2.45) is 5.92 Å². The third-order valence-corrected chi connectivity index (χ3v) is 7.08. The maximum Gasteiger partial charge on any atom is 0.407 e. The number of fused-ring (bicyclic) bond motifs is 1. The number of benzene rings is 2. The highest BCUT2D eigenvalue weighted by Gasteiger charge is 2.43. The van der Waals surface area contributed by atoms with E-state index in [1.54, 1.807) is 0 Å². The lowest BCUT2D eigenvalue weighted by Crippen LogP contribution is -2.52. The molecule has 2 aliphatic rings. The van der Waals surface area contributed by atoms with E-state index >= 15 is 0 Å². The lowest BCUT2D eigenvalue weighted by atomic mass is 9.99. The van der Waals surface area contributed by atoms with E-state index in [9.17, 15) is 18.0 Å². The second-order valence-corrected chi connectivity index (χ2v) is 10.6. The molecule has 0 saturated carbocycles. The van der Waals surface area contributed by atoms with Gasteiger partial charge in [-0.25, -0.2) is 0 Å². The van der Waals surface area contributed by atoms with E-state index in [4.69, 9.17) is 14.2 Å². The number of morpholine rings is 1. The van der Waals surface area contributed by atoms with Gasteiger partial charge in [0.2, 0.25) is 12.7 Å². The zero-order chi connectivity index (χ0) is 28.7. The van der Waals surface area contributed by atoms with Gasteiger partial charge < -0.3 is 29.7 Å². The average molecular weight is 565 g/mol. The molecule has 2 aliphatic heterocycles. The first-order chi connectivity index (χ1) is 19.1. The molecule has 220 valence electrons. The fraction of sp³-hybridized carbons (Fsp3) is 0.552. The maximum atomic E-state index is 14.2. The Morgan fingerprint density at radius 3 is 2.38 bits per heavy atom. The summed E-state index contributed by atoms with van der Waals surface area (Å²) in [6.07, 6.45) is -3.76. The molecular formula is C29H39F3N4O4. The third-order valence-electron chi connectivity index (χ3n) is 7.08. The minimum atomic E-state index is -4.62. The quantitative estimate of drug-likeness (QED) is 0.339. The lowest BCUT2D eigenvalue weighted by molar-refractivity contribution is -0.161. The molecule has 8 nitrogen and oxygen atoms in total. The topological polar surface area (TPSA) is 84.1 Å². The molecule has 3 atom stereocenters. The molecule has 2 aromatic carbocycles. The van der Waals surface area contributed by atoms with Gasteiger partial charge in [-0.1, -0.05) is 26.8 Å². The molecule has 1 fully saturated rings. The summed E-state index contributed by atoms with van der Waals surface area (Å²) >= 11 is 0. The monoisotopic (exact) mass is 564 g/mol. The van der Waals surface area contributed by atoms with Crippen LogP contribution in [-0.4, -0.2) is 63.8 Å². The van der Waals surface area contributed by atoms with E-state index < -0.39 is 24.2 Å². The summed E-state index contributed by atoms with van der Waals surface area (Å²) in [5, 5.41) is 8.90. The fourth-order valence-corrected chi connectivity index (χ4v) is 4.85. The van der Waals surface area contributed by atoms with E-state index in [0.29, 0.717) is 31.9 Å². The van der Waals surface area contributed by atoms with Gasteiger partial charge in [-0.2, -0.15) is 13.2 Å². The number of hydrogen-bond donors (Lipinski definition) is 3. The summed E-state index contributed by atoms with van der Waals surface area (Å²) in [6, 6.07) is 8.85. The van der Waals surface area contributed by atoms with Crippen LogP contribution in [0.4, 0.5) is 24.5 Å². The summed E-state index contributed by atoms with van der Waals surface area (Å²) < 4.78 is 58.6. The van der Waals surface area contributed by atoms with Crippen molar-refractivity contribution in [1.82, 2.24) is 10.6 Å². The van der Waals surface area contributed by atoms with Gasteiger partial charge in [0.05, 0.1) is 19.3 Å². The SMILES string of the molecule is CC[C@@H](CNc1ccc(N2CCOCC2)cc1)NC(=O)[C@H](CC(C)C)N[C@@H](c1ccc2c(c1)OCO2)C(F)(F)F. The standard InChI is InChI=1S/C29H39F3N4O4/c1-4-21(17-33-22-6-8-23(9-7-22)36-11-13-38-14-12-36)34-28(37)24(15-19(2)3)35-27(29(30,31)32)20-5-10-25-26(16-20)40-18-39-25/h5-10,16,19,21,24,27,33,35H,4,11-15,17-18H2,1-3H3,(H,34,37)/t21-,24-,27-/m0/s1. The van der Waals surface area contributed by atoms with E-state index in [-0.39, 0.29) is 36.5 Å². The first-order valence-electron chi connectivity index (χ1n) is 13.8. The van der Waals surface area contributed by atoms with Crippen molar-refractivity contribution in [2.75, 3.05) is 49.9 Å². The summed E-state index contributed by atoms with van der Waals surface area (Å²) in [5.41, 5.74) is 1.99. The van der Waals surface area contributed by atoms with Crippen LogP contribution in [0.2, 0.25) is 0 Å². The number of nitrogens with one attached hydrogen (secondary N) is 3. The van der Waals surface area contributed by atoms with E-state index in [0.717, 1.165) is 24.5 Å². The van der Waals surface area contributed by atoms with Crippen molar-refractivity contribution in [2.45, 2.75) is 57.9 Å². The van der Waals surface area contributed by atoms with Crippen LogP contribution < -0.4 is 30.3 Å². The van der Waals surface area contributed by atoms with Crippen LogP contribution in [-0.2, 0) is 9.53 Å². The second kappa shape index (κ2) is 13.5. The predicted octanol–water partition coefficient (Wildman–Crippen LogP) is 4.87. The molecular weight excluding hydrogens is 525 g/mol. The molecule has 0 unspecified atom stereocenters. The Balaban J connectivity index is 1.39. The Kier molecular flexibility index (Phi) is 10.0. The highest BCUT2D eigenvalue weighted by Crippen LogP contribution is 2.39. The largest absolute Gasteiger partial charge is 0.454 e. The molecule has 2 heterocycles. The van der Waals surface area contributed by atoms with Crippen LogP contribution in [0, 0.1) is 5.92 Å². The molecule has 0 radical (unpaired) electrons. The van der Waals surface area contributed by atoms with Gasteiger partial charge in [-0.15, -0.1) is 0 Å². The number of nitrogens with zero attached hydrogens (tertiary/aromatic N) is 1. The molecule has 4 rings (SSSR count). The minimum absolute atomic E-state index is 0.00271. The van der Waals surface area contributed by atoms with Crippen molar-refractivity contribution >= 4 is 17.3 Å². The molecule has 11 heteroatoms. The van der Waals surface area contributed by atoms with Gasteiger partial charge >= 0.3 is 6.18 Å². The zero-order valence-electron chi connectivity index (χ0n) is 23.2. The number of hydrogen-bond acceptors (Lipinski definition) is 7. The molecule has 0 bridgehead atoms. The highest BCUT2D eigenvalue weighted by molar-refractivity contribution is 5.82. The van der Waals surface area contributed by atoms with Crippen LogP contribution in [0.1, 0.15) is 45.2 Å². The lowest BCUT2D eigenvalue weighted by Gasteiger charge is -2.30. The van der Waals surface area contributed by atoms with Gasteiger partial charge in [0.1, 0.15) is 6.04 Å². The summed E-state index contributed by atoms with van der Waals surface area (Å²) in [6.45, 7) is 9.23.